The number of fused-ring (bicyclic) bond motifs is 3. The predicted octanol–water partition coefficient (Wildman–Crippen LogP) is 3.11. The number of ether oxygens (including phenoxy) is 1. The van der Waals surface area contributed by atoms with Crippen LogP contribution in [0.4, 0.5) is 0 Å². The van der Waals surface area contributed by atoms with E-state index in [1.807, 2.05) is 4.90 Å². The minimum Gasteiger partial charge on any atom is -0.451 e. The lowest BCUT2D eigenvalue weighted by atomic mass is 9.65. The number of nitrogens with one attached hydrogen (secondary N) is 1. The first-order valence-corrected chi connectivity index (χ1v) is 9.75. The molecular formula is C22H26N2O4. The SMILES string of the molecule is CC1(C)C[C@@H]2C[C@@](C)(CN2C(=O)COC(=O)c2cc(=O)c3ccccc3[nH]2)C1. The van der Waals surface area contributed by atoms with Gasteiger partial charge < -0.3 is 14.6 Å². The largest absolute Gasteiger partial charge is 0.451 e. The Morgan fingerprint density at radius 2 is 1.96 bits per heavy atom. The van der Waals surface area contributed by atoms with Crippen LogP contribution in [-0.2, 0) is 9.53 Å². The summed E-state index contributed by atoms with van der Waals surface area (Å²) < 4.78 is 5.24. The lowest BCUT2D eigenvalue weighted by Gasteiger charge is -2.39. The second-order valence-corrected chi connectivity index (χ2v) is 9.40. The summed E-state index contributed by atoms with van der Waals surface area (Å²) in [6, 6.07) is 8.40. The summed E-state index contributed by atoms with van der Waals surface area (Å²) in [5, 5.41) is 0.510. The summed E-state index contributed by atoms with van der Waals surface area (Å²) in [7, 11) is 0. The van der Waals surface area contributed by atoms with E-state index in [-0.39, 0.29) is 40.5 Å². The molecule has 0 radical (unpaired) electrons. The first kappa shape index (κ1) is 18.7. The van der Waals surface area contributed by atoms with Crippen molar-refractivity contribution in [2.24, 2.45) is 10.8 Å². The maximum Gasteiger partial charge on any atom is 0.355 e. The predicted molar refractivity (Wildman–Crippen MR) is 106 cm³/mol. The summed E-state index contributed by atoms with van der Waals surface area (Å²) in [5.74, 6) is -0.854. The van der Waals surface area contributed by atoms with Crippen molar-refractivity contribution < 1.29 is 14.3 Å². The van der Waals surface area contributed by atoms with Gasteiger partial charge in [0.15, 0.2) is 12.0 Å². The lowest BCUT2D eigenvalue weighted by Crippen LogP contribution is -2.39. The quantitative estimate of drug-likeness (QED) is 0.827. The van der Waals surface area contributed by atoms with Gasteiger partial charge in [-0.25, -0.2) is 4.79 Å². The molecule has 2 fully saturated rings. The zero-order valence-corrected chi connectivity index (χ0v) is 16.6. The molecule has 2 heterocycles. The number of carbonyl (C=O) groups excluding carboxylic acids is 2. The molecule has 4 rings (SSSR count). The Hall–Kier alpha value is -2.63. The number of hydrogen-bond acceptors (Lipinski definition) is 4. The number of carbonyl (C=O) groups is 2. The molecule has 1 aliphatic heterocycles. The van der Waals surface area contributed by atoms with Gasteiger partial charge in [-0.3, -0.25) is 9.59 Å². The third kappa shape index (κ3) is 3.43. The van der Waals surface area contributed by atoms with E-state index < -0.39 is 5.97 Å². The van der Waals surface area contributed by atoms with Crippen LogP contribution in [0.1, 0.15) is 50.5 Å². The second-order valence-electron chi connectivity index (χ2n) is 9.40. The topological polar surface area (TPSA) is 79.5 Å². The average Bonchev–Trinajstić information content (AvgIpc) is 2.88. The van der Waals surface area contributed by atoms with Crippen LogP contribution in [0.3, 0.4) is 0 Å². The molecule has 1 saturated heterocycles. The summed E-state index contributed by atoms with van der Waals surface area (Å²) in [6.45, 7) is 7.15. The highest BCUT2D eigenvalue weighted by Gasteiger charge is 2.50. The minimum atomic E-state index is -0.690. The maximum absolute atomic E-state index is 12.7. The Bertz CT molecular complexity index is 1010. The van der Waals surface area contributed by atoms with Crippen LogP contribution < -0.4 is 5.43 Å². The van der Waals surface area contributed by atoms with E-state index in [0.29, 0.717) is 17.4 Å². The summed E-state index contributed by atoms with van der Waals surface area (Å²) in [5.41, 5.74) is 0.724. The number of amides is 1. The molecule has 1 aromatic heterocycles. The molecule has 0 spiro atoms. The van der Waals surface area contributed by atoms with Gasteiger partial charge in [-0.05, 0) is 42.2 Å². The van der Waals surface area contributed by atoms with E-state index in [9.17, 15) is 14.4 Å². The molecule has 2 atom stereocenters. The highest BCUT2D eigenvalue weighted by atomic mass is 16.5. The Morgan fingerprint density at radius 1 is 1.21 bits per heavy atom. The van der Waals surface area contributed by atoms with Crippen LogP contribution in [0.5, 0.6) is 0 Å². The number of esters is 1. The van der Waals surface area contributed by atoms with Crippen molar-refractivity contribution in [3.8, 4) is 0 Å². The van der Waals surface area contributed by atoms with Crippen LogP contribution in [0, 0.1) is 10.8 Å². The first-order chi connectivity index (χ1) is 13.2. The molecule has 2 aliphatic rings. The number of likely N-dealkylation sites (tertiary alicyclic amines) is 1. The van der Waals surface area contributed by atoms with Gasteiger partial charge in [0.1, 0.15) is 5.69 Å². The molecule has 6 heteroatoms. The van der Waals surface area contributed by atoms with Crippen LogP contribution in [0.2, 0.25) is 0 Å². The van der Waals surface area contributed by atoms with Crippen LogP contribution in [0.15, 0.2) is 35.1 Å². The highest BCUT2D eigenvalue weighted by molar-refractivity contribution is 5.92. The third-order valence-electron chi connectivity index (χ3n) is 6.02. The summed E-state index contributed by atoms with van der Waals surface area (Å²) >= 11 is 0. The van der Waals surface area contributed by atoms with Crippen molar-refractivity contribution in [1.29, 1.82) is 0 Å². The van der Waals surface area contributed by atoms with Gasteiger partial charge in [0.25, 0.3) is 5.91 Å². The number of nitrogens with zero attached hydrogens (tertiary/aromatic N) is 1. The lowest BCUT2D eigenvalue weighted by molar-refractivity contribution is -0.135. The molecule has 1 saturated carbocycles. The highest BCUT2D eigenvalue weighted by Crippen LogP contribution is 2.52. The van der Waals surface area contributed by atoms with Gasteiger partial charge in [0.05, 0.1) is 0 Å². The first-order valence-electron chi connectivity index (χ1n) is 9.75. The van der Waals surface area contributed by atoms with Crippen LogP contribution >= 0.6 is 0 Å². The van der Waals surface area contributed by atoms with E-state index in [1.54, 1.807) is 24.3 Å². The van der Waals surface area contributed by atoms with Crippen molar-refractivity contribution in [1.82, 2.24) is 9.88 Å². The van der Waals surface area contributed by atoms with E-state index in [4.69, 9.17) is 4.74 Å². The molecule has 2 aromatic rings. The number of hydrogen-bond donors (Lipinski definition) is 1. The van der Waals surface area contributed by atoms with E-state index in [1.165, 1.54) is 6.07 Å². The van der Waals surface area contributed by atoms with Crippen LogP contribution in [0.25, 0.3) is 10.9 Å². The molecular weight excluding hydrogens is 356 g/mol. The van der Waals surface area contributed by atoms with Gasteiger partial charge in [0.2, 0.25) is 0 Å². The number of H-pyrrole nitrogens is 1. The standard InChI is InChI=1S/C22H26N2O4/c1-21(2)9-14-10-22(3,12-21)13-24(14)19(26)11-28-20(27)17-8-18(25)15-6-4-5-7-16(15)23-17/h4-8,14H,9-13H2,1-3H3,(H,23,25)/t14-,22-/m1/s1. The fourth-order valence-corrected chi connectivity index (χ4v) is 5.35. The van der Waals surface area contributed by atoms with Gasteiger partial charge in [-0.15, -0.1) is 0 Å². The van der Waals surface area contributed by atoms with Crippen molar-refractivity contribution >= 4 is 22.8 Å². The van der Waals surface area contributed by atoms with Gasteiger partial charge in [0, 0.05) is 29.6 Å². The van der Waals surface area contributed by atoms with Crippen molar-refractivity contribution in [3.05, 3.63) is 46.2 Å². The van der Waals surface area contributed by atoms with Gasteiger partial charge >= 0.3 is 5.97 Å². The Morgan fingerprint density at radius 3 is 2.75 bits per heavy atom. The molecule has 6 nitrogen and oxygen atoms in total. The second kappa shape index (κ2) is 6.47. The molecule has 148 valence electrons. The monoisotopic (exact) mass is 382 g/mol. The van der Waals surface area contributed by atoms with Gasteiger partial charge in [-0.1, -0.05) is 32.9 Å². The molecule has 0 unspecified atom stereocenters. The fourth-order valence-electron chi connectivity index (χ4n) is 5.35. The number of para-hydroxylation sites is 1. The maximum atomic E-state index is 12.7. The van der Waals surface area contributed by atoms with Crippen molar-refractivity contribution in [2.75, 3.05) is 13.2 Å². The molecule has 1 amide bonds. The van der Waals surface area contributed by atoms with Gasteiger partial charge in [-0.2, -0.15) is 0 Å². The number of rotatable bonds is 3. The summed E-state index contributed by atoms with van der Waals surface area (Å²) in [4.78, 5) is 42.1. The summed E-state index contributed by atoms with van der Waals surface area (Å²) in [6.07, 6.45) is 3.08. The third-order valence-corrected chi connectivity index (χ3v) is 6.02. The normalized spacial score (nSPS) is 25.7. The zero-order chi connectivity index (χ0) is 20.1. The molecule has 1 aliphatic carbocycles. The zero-order valence-electron chi connectivity index (χ0n) is 16.6. The Balaban J connectivity index is 1.44. The average molecular weight is 382 g/mol. The molecule has 2 bridgehead atoms. The molecule has 1 aromatic carbocycles. The number of pyridine rings is 1. The van der Waals surface area contributed by atoms with E-state index in [0.717, 1.165) is 19.3 Å². The van der Waals surface area contributed by atoms with Crippen molar-refractivity contribution in [2.45, 2.75) is 46.1 Å². The Labute approximate surface area is 163 Å². The number of aromatic amines is 1. The number of benzene rings is 1. The minimum absolute atomic E-state index is 0.0600. The fraction of sp³-hybridized carbons (Fsp3) is 0.500. The smallest absolute Gasteiger partial charge is 0.355 e. The van der Waals surface area contributed by atoms with Crippen LogP contribution in [-0.4, -0.2) is 41.0 Å². The number of aromatic nitrogens is 1. The van der Waals surface area contributed by atoms with Crippen molar-refractivity contribution in [3.63, 3.8) is 0 Å². The Kier molecular flexibility index (Phi) is 4.32. The molecule has 28 heavy (non-hydrogen) atoms. The van der Waals surface area contributed by atoms with E-state index >= 15 is 0 Å². The molecule has 1 N–H and O–H groups in total. The van der Waals surface area contributed by atoms with E-state index in [2.05, 4.69) is 25.8 Å².